The van der Waals surface area contributed by atoms with Crippen molar-refractivity contribution in [1.29, 1.82) is 0 Å². The van der Waals surface area contributed by atoms with Crippen molar-refractivity contribution in [3.05, 3.63) is 38.7 Å². The number of rotatable bonds is 1. The summed E-state index contributed by atoms with van der Waals surface area (Å²) in [5.41, 5.74) is 10.3. The zero-order valence-corrected chi connectivity index (χ0v) is 10.0. The molecule has 0 fully saturated rings. The van der Waals surface area contributed by atoms with Crippen LogP contribution in [0.4, 0.5) is 5.69 Å². The number of hydrogen-bond donors (Lipinski definition) is 0. The summed E-state index contributed by atoms with van der Waals surface area (Å²) in [5.74, 6) is 0. The first-order valence-corrected chi connectivity index (χ1v) is 5.09. The first-order valence-electron chi connectivity index (χ1n) is 4.30. The van der Waals surface area contributed by atoms with E-state index in [0.717, 1.165) is 4.47 Å². The minimum Gasteiger partial charge on any atom is -0.0596 e. The van der Waals surface area contributed by atoms with Gasteiger partial charge in [0.25, 0.3) is 0 Å². The molecule has 0 amide bonds. The van der Waals surface area contributed by atoms with Crippen LogP contribution in [0.5, 0.6) is 0 Å². The second kappa shape index (κ2) is 4.03. The molecule has 0 aromatic heterocycles. The monoisotopic (exact) mass is 253 g/mol. The van der Waals surface area contributed by atoms with Crippen LogP contribution < -0.4 is 0 Å². The molecule has 0 aliphatic carbocycles. The molecular formula is C10H12BrN3. The summed E-state index contributed by atoms with van der Waals surface area (Å²) >= 11 is 3.38. The molecule has 1 aromatic rings. The van der Waals surface area contributed by atoms with Crippen LogP contribution >= 0.6 is 15.9 Å². The van der Waals surface area contributed by atoms with Gasteiger partial charge in [-0.2, -0.15) is 0 Å². The molecule has 0 aliphatic heterocycles. The molecule has 4 heteroatoms. The predicted molar refractivity (Wildman–Crippen MR) is 61.6 cm³/mol. The summed E-state index contributed by atoms with van der Waals surface area (Å²) in [6.07, 6.45) is 0. The second-order valence-electron chi connectivity index (χ2n) is 4.11. The molecule has 1 rings (SSSR count). The van der Waals surface area contributed by atoms with Crippen molar-refractivity contribution in [3.8, 4) is 0 Å². The lowest BCUT2D eigenvalue weighted by Gasteiger charge is -2.19. The third-order valence-electron chi connectivity index (χ3n) is 1.97. The fourth-order valence-electron chi connectivity index (χ4n) is 1.10. The van der Waals surface area contributed by atoms with Crippen LogP contribution in [-0.2, 0) is 5.41 Å². The minimum absolute atomic E-state index is 0.109. The quantitative estimate of drug-likeness (QED) is 0.396. The Hall–Kier alpha value is -0.990. The average molecular weight is 254 g/mol. The van der Waals surface area contributed by atoms with Crippen LogP contribution in [0.1, 0.15) is 26.3 Å². The van der Waals surface area contributed by atoms with E-state index < -0.39 is 0 Å². The molecule has 0 N–H and O–H groups in total. The zero-order valence-electron chi connectivity index (χ0n) is 8.45. The Kier molecular flexibility index (Phi) is 3.19. The van der Waals surface area contributed by atoms with E-state index in [1.54, 1.807) is 0 Å². The third kappa shape index (κ3) is 2.50. The van der Waals surface area contributed by atoms with Gasteiger partial charge in [0, 0.05) is 9.38 Å². The highest BCUT2D eigenvalue weighted by Crippen LogP contribution is 2.31. The maximum absolute atomic E-state index is 8.31. The van der Waals surface area contributed by atoms with E-state index in [2.05, 4.69) is 46.7 Å². The maximum Gasteiger partial charge on any atom is 0.0517 e. The van der Waals surface area contributed by atoms with Gasteiger partial charge in [0.05, 0.1) is 5.69 Å². The fourth-order valence-corrected chi connectivity index (χ4v) is 1.56. The topological polar surface area (TPSA) is 48.8 Å². The Morgan fingerprint density at radius 3 is 2.43 bits per heavy atom. The summed E-state index contributed by atoms with van der Waals surface area (Å²) in [7, 11) is 0. The van der Waals surface area contributed by atoms with Gasteiger partial charge in [0.1, 0.15) is 0 Å². The van der Waals surface area contributed by atoms with Crippen LogP contribution in [0, 0.1) is 0 Å². The number of benzene rings is 1. The van der Waals surface area contributed by atoms with Gasteiger partial charge in [0.2, 0.25) is 0 Å². The molecule has 0 saturated carbocycles. The maximum atomic E-state index is 8.31. The summed E-state index contributed by atoms with van der Waals surface area (Å²) in [5, 5.41) is 3.56. The van der Waals surface area contributed by atoms with E-state index in [1.807, 2.05) is 18.2 Å². The summed E-state index contributed by atoms with van der Waals surface area (Å²) in [6.45, 7) is 6.42. The smallest absolute Gasteiger partial charge is 0.0517 e. The lowest BCUT2D eigenvalue weighted by molar-refractivity contribution is 0.590. The normalized spacial score (nSPS) is 10.9. The highest BCUT2D eigenvalue weighted by atomic mass is 79.9. The molecule has 0 aliphatic rings. The Labute approximate surface area is 91.9 Å². The molecule has 1 aromatic carbocycles. The standard InChI is InChI=1S/C10H12BrN3/c1-10(2,3)7-4-5-9(13-14-12)8(11)6-7/h4-6H,1-3H3. The van der Waals surface area contributed by atoms with Crippen LogP contribution in [0.2, 0.25) is 0 Å². The molecule has 74 valence electrons. The zero-order chi connectivity index (χ0) is 10.8. The average Bonchev–Trinajstić information content (AvgIpc) is 2.07. The van der Waals surface area contributed by atoms with Gasteiger partial charge >= 0.3 is 0 Å². The molecule has 14 heavy (non-hydrogen) atoms. The number of azide groups is 1. The largest absolute Gasteiger partial charge is 0.0596 e. The van der Waals surface area contributed by atoms with Crippen LogP contribution in [0.3, 0.4) is 0 Å². The molecule has 0 heterocycles. The van der Waals surface area contributed by atoms with Gasteiger partial charge in [-0.15, -0.1) is 0 Å². The Morgan fingerprint density at radius 1 is 1.36 bits per heavy atom. The third-order valence-corrected chi connectivity index (χ3v) is 2.60. The van der Waals surface area contributed by atoms with Crippen molar-refractivity contribution in [2.24, 2.45) is 5.11 Å². The molecule has 0 saturated heterocycles. The van der Waals surface area contributed by atoms with Crippen LogP contribution in [0.25, 0.3) is 10.4 Å². The summed E-state index contributed by atoms with van der Waals surface area (Å²) in [4.78, 5) is 2.75. The van der Waals surface area contributed by atoms with Crippen LogP contribution in [-0.4, -0.2) is 0 Å². The second-order valence-corrected chi connectivity index (χ2v) is 4.96. The SMILES string of the molecule is CC(C)(C)c1ccc(N=[N+]=[N-])c(Br)c1. The van der Waals surface area contributed by atoms with E-state index in [-0.39, 0.29) is 5.41 Å². The Bertz CT molecular complexity index is 387. The van der Waals surface area contributed by atoms with Crippen LogP contribution in [0.15, 0.2) is 27.8 Å². The predicted octanol–water partition coefficient (Wildman–Crippen LogP) is 4.69. The van der Waals surface area contributed by atoms with E-state index in [0.29, 0.717) is 5.69 Å². The van der Waals surface area contributed by atoms with Crippen molar-refractivity contribution in [1.82, 2.24) is 0 Å². The minimum atomic E-state index is 0.109. The van der Waals surface area contributed by atoms with Crippen molar-refractivity contribution < 1.29 is 0 Å². The fraction of sp³-hybridized carbons (Fsp3) is 0.400. The Balaban J connectivity index is 3.19. The molecule has 3 nitrogen and oxygen atoms in total. The molecule has 0 bridgehead atoms. The molecule has 0 spiro atoms. The highest BCUT2D eigenvalue weighted by Gasteiger charge is 2.14. The number of nitrogens with zero attached hydrogens (tertiary/aromatic N) is 3. The summed E-state index contributed by atoms with van der Waals surface area (Å²) < 4.78 is 0.836. The van der Waals surface area contributed by atoms with Crippen molar-refractivity contribution >= 4 is 21.6 Å². The van der Waals surface area contributed by atoms with E-state index in [1.165, 1.54) is 5.56 Å². The number of hydrogen-bond acceptors (Lipinski definition) is 1. The van der Waals surface area contributed by atoms with E-state index in [9.17, 15) is 0 Å². The van der Waals surface area contributed by atoms with Gasteiger partial charge in [-0.1, -0.05) is 53.9 Å². The first kappa shape index (κ1) is 11.1. The van der Waals surface area contributed by atoms with E-state index >= 15 is 0 Å². The van der Waals surface area contributed by atoms with Crippen molar-refractivity contribution in [3.63, 3.8) is 0 Å². The Morgan fingerprint density at radius 2 is 2.00 bits per heavy atom. The van der Waals surface area contributed by atoms with Crippen molar-refractivity contribution in [2.45, 2.75) is 26.2 Å². The van der Waals surface area contributed by atoms with Gasteiger partial charge in [-0.05, 0) is 22.6 Å². The van der Waals surface area contributed by atoms with Crippen molar-refractivity contribution in [2.75, 3.05) is 0 Å². The van der Waals surface area contributed by atoms with Gasteiger partial charge in [0.15, 0.2) is 0 Å². The molecular weight excluding hydrogens is 242 g/mol. The molecule has 0 atom stereocenters. The van der Waals surface area contributed by atoms with Gasteiger partial charge in [-0.3, -0.25) is 0 Å². The molecule has 0 unspecified atom stereocenters. The van der Waals surface area contributed by atoms with Gasteiger partial charge < -0.3 is 0 Å². The van der Waals surface area contributed by atoms with Gasteiger partial charge in [-0.25, -0.2) is 0 Å². The summed E-state index contributed by atoms with van der Waals surface area (Å²) in [6, 6.07) is 5.79. The lowest BCUT2D eigenvalue weighted by Crippen LogP contribution is -2.10. The lowest BCUT2D eigenvalue weighted by atomic mass is 9.87. The number of halogens is 1. The van der Waals surface area contributed by atoms with E-state index in [4.69, 9.17) is 5.53 Å². The first-order chi connectivity index (χ1) is 6.45. The molecule has 0 radical (unpaired) electrons. The highest BCUT2D eigenvalue weighted by molar-refractivity contribution is 9.10.